The maximum Gasteiger partial charge on any atom is 0.235 e. The zero-order chi connectivity index (χ0) is 25.6. The highest BCUT2D eigenvalue weighted by atomic mass is 19.1. The van der Waals surface area contributed by atoms with E-state index in [1.807, 2.05) is 13.1 Å². The van der Waals surface area contributed by atoms with Crippen LogP contribution < -0.4 is 15.5 Å². The van der Waals surface area contributed by atoms with Crippen molar-refractivity contribution >= 4 is 28.4 Å². The molecule has 4 aliphatic heterocycles. The molecular formula is C28H39FN6O2. The molecule has 2 aromatic rings. The van der Waals surface area contributed by atoms with Gasteiger partial charge in [0.15, 0.2) is 0 Å². The van der Waals surface area contributed by atoms with Gasteiger partial charge in [-0.1, -0.05) is 0 Å². The first kappa shape index (κ1) is 24.8. The fourth-order valence-electron chi connectivity index (χ4n) is 7.14. The van der Waals surface area contributed by atoms with E-state index in [1.165, 1.54) is 64.5 Å². The molecule has 4 fully saturated rings. The molecule has 2 amide bonds. The molecule has 0 bridgehead atoms. The number of anilines is 1. The van der Waals surface area contributed by atoms with Crippen molar-refractivity contribution in [1.82, 2.24) is 25.3 Å². The summed E-state index contributed by atoms with van der Waals surface area (Å²) in [6.07, 6.45) is 8.19. The molecule has 5 heterocycles. The van der Waals surface area contributed by atoms with E-state index < -0.39 is 5.92 Å². The first-order valence-corrected chi connectivity index (χ1v) is 14.1. The summed E-state index contributed by atoms with van der Waals surface area (Å²) >= 11 is 0. The van der Waals surface area contributed by atoms with Crippen LogP contribution in [0.2, 0.25) is 0 Å². The van der Waals surface area contributed by atoms with E-state index in [2.05, 4.69) is 25.5 Å². The summed E-state index contributed by atoms with van der Waals surface area (Å²) in [7, 11) is 1.83. The van der Waals surface area contributed by atoms with Crippen LogP contribution in [0, 0.1) is 17.2 Å². The molecule has 1 aromatic heterocycles. The zero-order valence-corrected chi connectivity index (χ0v) is 21.9. The van der Waals surface area contributed by atoms with Crippen molar-refractivity contribution in [3.8, 4) is 0 Å². The van der Waals surface area contributed by atoms with Crippen LogP contribution in [0.5, 0.6) is 0 Å². The number of aromatic nitrogens is 2. The maximum atomic E-state index is 15.4. The lowest BCUT2D eigenvalue weighted by molar-refractivity contribution is -0.134. The van der Waals surface area contributed by atoms with Gasteiger partial charge in [0.25, 0.3) is 0 Å². The van der Waals surface area contributed by atoms with Gasteiger partial charge in [0, 0.05) is 38.5 Å². The monoisotopic (exact) mass is 510 g/mol. The Morgan fingerprint density at radius 3 is 2.46 bits per heavy atom. The van der Waals surface area contributed by atoms with Gasteiger partial charge in [-0.15, -0.1) is 0 Å². The van der Waals surface area contributed by atoms with Gasteiger partial charge < -0.3 is 15.1 Å². The Morgan fingerprint density at radius 2 is 1.76 bits per heavy atom. The minimum Gasteiger partial charge on any atom is -0.369 e. The molecule has 8 nitrogen and oxygen atoms in total. The van der Waals surface area contributed by atoms with Crippen LogP contribution in [0.25, 0.3) is 10.9 Å². The number of nitrogens with zero attached hydrogens (tertiary/aromatic N) is 4. The van der Waals surface area contributed by atoms with E-state index in [0.29, 0.717) is 34.5 Å². The molecule has 1 aromatic carbocycles. The van der Waals surface area contributed by atoms with E-state index in [0.717, 1.165) is 31.4 Å². The summed E-state index contributed by atoms with van der Waals surface area (Å²) < 4.78 is 17.1. The second kappa shape index (κ2) is 9.98. The molecule has 1 unspecified atom stereocenters. The Labute approximate surface area is 217 Å². The largest absolute Gasteiger partial charge is 0.369 e. The smallest absolute Gasteiger partial charge is 0.235 e. The second-order valence-corrected chi connectivity index (χ2v) is 11.8. The standard InChI is InChI=1S/C28H39FN6O2/c1-33-23-17-24(22(29)16-21(23)26(32-33)20-2-3-25(36)31-27(20)37)35-12-4-19(5-13-35)18-34-14-8-28(9-15-34)6-10-30-11-7-28/h16-17,19-20,30H,2-15,18H2,1H3,(H,31,36,37). The summed E-state index contributed by atoms with van der Waals surface area (Å²) in [4.78, 5) is 28.8. The molecular weight excluding hydrogens is 471 g/mol. The van der Waals surface area contributed by atoms with Crippen LogP contribution in [0.3, 0.4) is 0 Å². The lowest BCUT2D eigenvalue weighted by Crippen LogP contribution is -2.47. The van der Waals surface area contributed by atoms with Gasteiger partial charge in [0.05, 0.1) is 22.8 Å². The van der Waals surface area contributed by atoms with Gasteiger partial charge in [-0.25, -0.2) is 4.39 Å². The fraction of sp³-hybridized carbons (Fsp3) is 0.679. The number of hydrogen-bond donors (Lipinski definition) is 2. The van der Waals surface area contributed by atoms with E-state index in [4.69, 9.17) is 0 Å². The highest BCUT2D eigenvalue weighted by Crippen LogP contribution is 2.40. The molecule has 4 aliphatic rings. The normalized spacial score (nSPS) is 25.7. The van der Waals surface area contributed by atoms with Crippen LogP contribution in [0.15, 0.2) is 12.1 Å². The number of piperidine rings is 4. The van der Waals surface area contributed by atoms with Crippen LogP contribution in [0.1, 0.15) is 63.0 Å². The second-order valence-electron chi connectivity index (χ2n) is 11.8. The number of hydrogen-bond acceptors (Lipinski definition) is 6. The van der Waals surface area contributed by atoms with Gasteiger partial charge in [-0.3, -0.25) is 19.6 Å². The first-order chi connectivity index (χ1) is 17.9. The summed E-state index contributed by atoms with van der Waals surface area (Å²) in [5, 5.41) is 11.1. The average molecular weight is 511 g/mol. The Balaban J connectivity index is 1.09. The first-order valence-electron chi connectivity index (χ1n) is 14.1. The third-order valence-corrected chi connectivity index (χ3v) is 9.57. The van der Waals surface area contributed by atoms with E-state index >= 15 is 4.39 Å². The minimum absolute atomic E-state index is 0.260. The number of likely N-dealkylation sites (tertiary alicyclic amines) is 1. The van der Waals surface area contributed by atoms with Crippen LogP contribution in [0.4, 0.5) is 10.1 Å². The topological polar surface area (TPSA) is 82.5 Å². The summed E-state index contributed by atoms with van der Waals surface area (Å²) in [5.74, 6) is -0.731. The van der Waals surface area contributed by atoms with Gasteiger partial charge in [-0.2, -0.15) is 5.10 Å². The zero-order valence-electron chi connectivity index (χ0n) is 21.9. The molecule has 0 radical (unpaired) electrons. The number of amides is 2. The Bertz CT molecular complexity index is 1170. The van der Waals surface area contributed by atoms with Gasteiger partial charge >= 0.3 is 0 Å². The highest BCUT2D eigenvalue weighted by molar-refractivity contribution is 6.02. The minimum atomic E-state index is -0.526. The molecule has 1 spiro atoms. The molecule has 37 heavy (non-hydrogen) atoms. The predicted molar refractivity (Wildman–Crippen MR) is 141 cm³/mol. The third kappa shape index (κ3) is 4.88. The lowest BCUT2D eigenvalue weighted by atomic mass is 9.71. The maximum absolute atomic E-state index is 15.4. The number of rotatable bonds is 4. The number of halogens is 1. The van der Waals surface area contributed by atoms with Crippen molar-refractivity contribution < 1.29 is 14.0 Å². The number of fused-ring (bicyclic) bond motifs is 1. The highest BCUT2D eigenvalue weighted by Gasteiger charge is 2.36. The van der Waals surface area contributed by atoms with Crippen molar-refractivity contribution in [3.63, 3.8) is 0 Å². The number of carbonyl (C=O) groups excluding carboxylic acids is 2. The van der Waals surface area contributed by atoms with Crippen molar-refractivity contribution in [2.45, 2.75) is 57.3 Å². The SMILES string of the molecule is Cn1nc(C2CCC(=O)NC2=O)c2cc(F)c(N3CCC(CN4CCC5(CCNCC5)CC4)CC3)cc21. The quantitative estimate of drug-likeness (QED) is 0.616. The molecule has 1 atom stereocenters. The Kier molecular flexibility index (Phi) is 6.69. The average Bonchev–Trinajstić information content (AvgIpc) is 3.21. The Morgan fingerprint density at radius 1 is 1.03 bits per heavy atom. The fourth-order valence-corrected chi connectivity index (χ4v) is 7.14. The summed E-state index contributed by atoms with van der Waals surface area (Å²) in [6.45, 7) is 7.68. The van der Waals surface area contributed by atoms with Crippen molar-refractivity contribution in [2.75, 3.05) is 50.7 Å². The van der Waals surface area contributed by atoms with Gasteiger partial charge in [-0.05, 0) is 94.6 Å². The number of carbonyl (C=O) groups is 2. The van der Waals surface area contributed by atoms with Crippen molar-refractivity contribution in [1.29, 1.82) is 0 Å². The van der Waals surface area contributed by atoms with Crippen molar-refractivity contribution in [2.24, 2.45) is 18.4 Å². The van der Waals surface area contributed by atoms with E-state index in [1.54, 1.807) is 4.68 Å². The third-order valence-electron chi connectivity index (χ3n) is 9.57. The van der Waals surface area contributed by atoms with Crippen LogP contribution >= 0.6 is 0 Å². The summed E-state index contributed by atoms with van der Waals surface area (Å²) in [6, 6.07) is 3.42. The molecule has 6 rings (SSSR count). The number of benzene rings is 1. The van der Waals surface area contributed by atoms with E-state index in [9.17, 15) is 9.59 Å². The predicted octanol–water partition coefficient (Wildman–Crippen LogP) is 2.91. The van der Waals surface area contributed by atoms with Crippen molar-refractivity contribution in [3.05, 3.63) is 23.6 Å². The Hall–Kier alpha value is -2.52. The number of nitrogens with one attached hydrogen (secondary N) is 2. The van der Waals surface area contributed by atoms with Crippen LogP contribution in [-0.4, -0.2) is 72.3 Å². The molecule has 200 valence electrons. The molecule has 4 saturated heterocycles. The van der Waals surface area contributed by atoms with Gasteiger partial charge in [0.2, 0.25) is 11.8 Å². The molecule has 0 saturated carbocycles. The molecule has 9 heteroatoms. The molecule has 2 N–H and O–H groups in total. The lowest BCUT2D eigenvalue weighted by Gasteiger charge is -2.45. The molecule has 0 aliphatic carbocycles. The van der Waals surface area contributed by atoms with Crippen LogP contribution in [-0.2, 0) is 16.6 Å². The number of imide groups is 1. The van der Waals surface area contributed by atoms with E-state index in [-0.39, 0.29) is 24.1 Å². The summed E-state index contributed by atoms with van der Waals surface area (Å²) in [5.41, 5.74) is 2.58. The van der Waals surface area contributed by atoms with Gasteiger partial charge in [0.1, 0.15) is 5.82 Å². The number of aryl methyl sites for hydroxylation is 1.